The highest BCUT2D eigenvalue weighted by Crippen LogP contribution is 2.36. The van der Waals surface area contributed by atoms with E-state index in [9.17, 15) is 9.59 Å². The minimum absolute atomic E-state index is 0.0653. The van der Waals surface area contributed by atoms with Crippen molar-refractivity contribution in [3.8, 4) is 5.75 Å². The summed E-state index contributed by atoms with van der Waals surface area (Å²) in [5.41, 5.74) is 2.42. The fourth-order valence-corrected chi connectivity index (χ4v) is 4.73. The highest BCUT2D eigenvalue weighted by molar-refractivity contribution is 6.35. The van der Waals surface area contributed by atoms with Gasteiger partial charge in [-0.25, -0.2) is 0 Å². The Hall–Kier alpha value is -3.15. The number of rotatable bonds is 6. The third-order valence-corrected chi connectivity index (χ3v) is 5.89. The highest BCUT2D eigenvalue weighted by Gasteiger charge is 2.43. The van der Waals surface area contributed by atoms with Gasteiger partial charge in [-0.3, -0.25) is 19.5 Å². The first-order valence-electron chi connectivity index (χ1n) is 11.4. The molecule has 2 aliphatic heterocycles. The van der Waals surface area contributed by atoms with Crippen molar-refractivity contribution in [3.63, 3.8) is 0 Å². The van der Waals surface area contributed by atoms with Gasteiger partial charge in [-0.05, 0) is 61.9 Å². The molecule has 0 N–H and O–H groups in total. The SMILES string of the molecule is CC1CC(C)CN(C2=C(c3ccc(OC(C)C)cc3)C(=O)N(Cc3ccccn3)C2=O)C1. The Morgan fingerprint density at radius 3 is 2.28 bits per heavy atom. The molecule has 2 aromatic rings. The Morgan fingerprint density at radius 1 is 1.00 bits per heavy atom. The first kappa shape index (κ1) is 22.1. The van der Waals surface area contributed by atoms with E-state index in [1.54, 1.807) is 6.20 Å². The largest absolute Gasteiger partial charge is 0.491 e. The molecule has 0 saturated carbocycles. The van der Waals surface area contributed by atoms with Gasteiger partial charge in [-0.15, -0.1) is 0 Å². The van der Waals surface area contributed by atoms with E-state index in [4.69, 9.17) is 4.74 Å². The van der Waals surface area contributed by atoms with Gasteiger partial charge in [0.05, 0.1) is 23.9 Å². The van der Waals surface area contributed by atoms with Crippen molar-refractivity contribution in [1.29, 1.82) is 0 Å². The maximum atomic E-state index is 13.6. The summed E-state index contributed by atoms with van der Waals surface area (Å²) >= 11 is 0. The molecule has 2 amide bonds. The quantitative estimate of drug-likeness (QED) is 0.641. The molecule has 1 aromatic carbocycles. The van der Waals surface area contributed by atoms with E-state index < -0.39 is 0 Å². The van der Waals surface area contributed by atoms with Crippen LogP contribution >= 0.6 is 0 Å². The van der Waals surface area contributed by atoms with Crippen LogP contribution in [0.1, 0.15) is 45.4 Å². The van der Waals surface area contributed by atoms with Gasteiger partial charge in [0.1, 0.15) is 11.4 Å². The number of nitrogens with zero attached hydrogens (tertiary/aromatic N) is 3. The maximum absolute atomic E-state index is 13.6. The summed E-state index contributed by atoms with van der Waals surface area (Å²) in [5, 5.41) is 0. The van der Waals surface area contributed by atoms with Gasteiger partial charge in [0.25, 0.3) is 11.8 Å². The summed E-state index contributed by atoms with van der Waals surface area (Å²) in [4.78, 5) is 34.9. The second-order valence-electron chi connectivity index (χ2n) is 9.28. The lowest BCUT2D eigenvalue weighted by molar-refractivity contribution is -0.138. The van der Waals surface area contributed by atoms with Crippen LogP contribution in [0.4, 0.5) is 0 Å². The van der Waals surface area contributed by atoms with Crippen LogP contribution in [0.5, 0.6) is 5.75 Å². The van der Waals surface area contributed by atoms with Gasteiger partial charge in [0, 0.05) is 19.3 Å². The van der Waals surface area contributed by atoms with E-state index in [2.05, 4.69) is 23.7 Å². The van der Waals surface area contributed by atoms with Crippen LogP contribution in [0.3, 0.4) is 0 Å². The fraction of sp³-hybridized carbons (Fsp3) is 0.423. The summed E-state index contributed by atoms with van der Waals surface area (Å²) in [7, 11) is 0. The first-order chi connectivity index (χ1) is 15.3. The highest BCUT2D eigenvalue weighted by atomic mass is 16.5. The van der Waals surface area contributed by atoms with E-state index in [0.717, 1.165) is 30.8 Å². The number of aromatic nitrogens is 1. The number of likely N-dealkylation sites (tertiary alicyclic amines) is 1. The molecule has 0 spiro atoms. The molecule has 1 saturated heterocycles. The van der Waals surface area contributed by atoms with Crippen molar-refractivity contribution >= 4 is 17.4 Å². The second kappa shape index (κ2) is 9.15. The van der Waals surface area contributed by atoms with Crippen LogP contribution in [-0.4, -0.2) is 45.8 Å². The molecule has 0 aliphatic carbocycles. The Kier molecular flexibility index (Phi) is 6.31. The zero-order valence-corrected chi connectivity index (χ0v) is 19.2. The number of imide groups is 1. The Bertz CT molecular complexity index is 1000. The minimum atomic E-state index is -0.265. The van der Waals surface area contributed by atoms with Crippen molar-refractivity contribution in [1.82, 2.24) is 14.8 Å². The van der Waals surface area contributed by atoms with E-state index in [1.165, 1.54) is 4.90 Å². The number of hydrogen-bond acceptors (Lipinski definition) is 5. The van der Waals surface area contributed by atoms with Crippen molar-refractivity contribution in [3.05, 3.63) is 65.6 Å². The van der Waals surface area contributed by atoms with Gasteiger partial charge < -0.3 is 9.64 Å². The maximum Gasteiger partial charge on any atom is 0.278 e. The van der Waals surface area contributed by atoms with Gasteiger partial charge in [-0.1, -0.05) is 32.0 Å². The van der Waals surface area contributed by atoms with E-state index in [1.807, 2.05) is 56.3 Å². The minimum Gasteiger partial charge on any atom is -0.491 e. The molecule has 1 aromatic heterocycles. The zero-order chi connectivity index (χ0) is 22.8. The molecule has 1 fully saturated rings. The van der Waals surface area contributed by atoms with Crippen LogP contribution in [-0.2, 0) is 16.1 Å². The molecule has 2 unspecified atom stereocenters. The monoisotopic (exact) mass is 433 g/mol. The van der Waals surface area contributed by atoms with E-state index in [-0.39, 0.29) is 24.5 Å². The number of piperidine rings is 1. The zero-order valence-electron chi connectivity index (χ0n) is 19.2. The predicted octanol–water partition coefficient (Wildman–Crippen LogP) is 4.13. The molecule has 2 atom stereocenters. The summed E-state index contributed by atoms with van der Waals surface area (Å²) in [6, 6.07) is 13.0. The van der Waals surface area contributed by atoms with Crippen molar-refractivity contribution < 1.29 is 14.3 Å². The Labute approximate surface area is 189 Å². The molecule has 6 nitrogen and oxygen atoms in total. The van der Waals surface area contributed by atoms with Gasteiger partial charge in [0.2, 0.25) is 0 Å². The first-order valence-corrected chi connectivity index (χ1v) is 11.4. The summed E-state index contributed by atoms with van der Waals surface area (Å²) < 4.78 is 5.75. The number of carbonyl (C=O) groups excluding carboxylic acids is 2. The number of pyridine rings is 1. The van der Waals surface area contributed by atoms with E-state index >= 15 is 0 Å². The smallest absolute Gasteiger partial charge is 0.278 e. The average molecular weight is 434 g/mol. The molecule has 6 heteroatoms. The van der Waals surface area contributed by atoms with Gasteiger partial charge in [0.15, 0.2) is 0 Å². The topological polar surface area (TPSA) is 62.7 Å². The van der Waals surface area contributed by atoms with Crippen molar-refractivity contribution in [2.45, 2.75) is 46.8 Å². The number of ether oxygens (including phenoxy) is 1. The summed E-state index contributed by atoms with van der Waals surface area (Å²) in [5.74, 6) is 1.16. The molecule has 0 bridgehead atoms. The average Bonchev–Trinajstić information content (AvgIpc) is 2.99. The Morgan fingerprint density at radius 2 is 1.69 bits per heavy atom. The van der Waals surface area contributed by atoms with Crippen LogP contribution in [0.15, 0.2) is 54.4 Å². The fourth-order valence-electron chi connectivity index (χ4n) is 4.73. The molecule has 4 rings (SSSR count). The van der Waals surface area contributed by atoms with Crippen molar-refractivity contribution in [2.24, 2.45) is 11.8 Å². The molecule has 2 aliphatic rings. The van der Waals surface area contributed by atoms with Crippen LogP contribution in [0, 0.1) is 11.8 Å². The summed E-state index contributed by atoms with van der Waals surface area (Å²) in [6.07, 6.45) is 2.87. The van der Waals surface area contributed by atoms with Gasteiger partial charge in [-0.2, -0.15) is 0 Å². The number of benzene rings is 1. The lowest BCUT2D eigenvalue weighted by Crippen LogP contribution is -2.41. The molecular formula is C26H31N3O3. The third-order valence-electron chi connectivity index (χ3n) is 5.89. The number of hydrogen-bond donors (Lipinski definition) is 0. The Balaban J connectivity index is 1.72. The predicted molar refractivity (Wildman–Crippen MR) is 123 cm³/mol. The van der Waals surface area contributed by atoms with Gasteiger partial charge >= 0.3 is 0 Å². The second-order valence-corrected chi connectivity index (χ2v) is 9.28. The standard InChI is InChI=1S/C26H31N3O3/c1-17(2)32-22-10-8-20(9-11-22)23-24(28-14-18(3)13-19(4)15-28)26(31)29(25(23)30)16-21-7-5-6-12-27-21/h5-12,17-19H,13-16H2,1-4H3. The van der Waals surface area contributed by atoms with Crippen LogP contribution < -0.4 is 4.74 Å². The van der Waals surface area contributed by atoms with Crippen LogP contribution in [0.2, 0.25) is 0 Å². The summed E-state index contributed by atoms with van der Waals surface area (Å²) in [6.45, 7) is 10.1. The lowest BCUT2D eigenvalue weighted by Gasteiger charge is -2.37. The molecule has 32 heavy (non-hydrogen) atoms. The lowest BCUT2D eigenvalue weighted by atomic mass is 9.91. The molecule has 0 radical (unpaired) electrons. The van der Waals surface area contributed by atoms with Crippen LogP contribution in [0.25, 0.3) is 5.57 Å². The number of carbonyl (C=O) groups is 2. The molecule has 168 valence electrons. The van der Waals surface area contributed by atoms with E-state index in [0.29, 0.717) is 28.8 Å². The van der Waals surface area contributed by atoms with Crippen molar-refractivity contribution in [2.75, 3.05) is 13.1 Å². The third kappa shape index (κ3) is 4.54. The number of amides is 2. The molecule has 3 heterocycles. The molecular weight excluding hydrogens is 402 g/mol. The normalized spacial score (nSPS) is 21.7.